The van der Waals surface area contributed by atoms with E-state index in [1.165, 1.54) is 0 Å². The highest BCUT2D eigenvalue weighted by molar-refractivity contribution is 7.90. The van der Waals surface area contributed by atoms with Crippen LogP contribution >= 0.6 is 0 Å². The minimum absolute atomic E-state index is 0.0433. The van der Waals surface area contributed by atoms with Crippen LogP contribution in [-0.2, 0) is 19.4 Å². The molecule has 1 N–H and O–H groups in total. The van der Waals surface area contributed by atoms with Gasteiger partial charge in [0.15, 0.2) is 0 Å². The van der Waals surface area contributed by atoms with Crippen molar-refractivity contribution >= 4 is 21.7 Å². The zero-order chi connectivity index (χ0) is 10.1. The predicted octanol–water partition coefficient (Wildman–Crippen LogP) is -0.916. The number of nitrogens with one attached hydrogen (secondary N) is 1. The molecule has 74 valence electrons. The van der Waals surface area contributed by atoms with Crippen molar-refractivity contribution < 1.29 is 18.0 Å². The largest absolute Gasteiger partial charge is 0.296 e. The summed E-state index contributed by atoms with van der Waals surface area (Å²) in [5.74, 6) is -1.17. The zero-order valence-corrected chi connectivity index (χ0v) is 8.06. The van der Waals surface area contributed by atoms with Gasteiger partial charge in [-0.3, -0.25) is 14.9 Å². The lowest BCUT2D eigenvalue weighted by Gasteiger charge is -2.02. The van der Waals surface area contributed by atoms with E-state index in [-0.39, 0.29) is 30.4 Å². The standard InChI is InChI=1S/C7H11NO4S/c1-13(11,12)3-2-5-4-6(9)8-7(5)10/h5H,2-4H2,1H3,(H,8,9,10). The molecule has 0 aromatic carbocycles. The first kappa shape index (κ1) is 10.2. The average molecular weight is 205 g/mol. The minimum Gasteiger partial charge on any atom is -0.296 e. The van der Waals surface area contributed by atoms with Crippen molar-refractivity contribution in [1.29, 1.82) is 0 Å². The van der Waals surface area contributed by atoms with Crippen LogP contribution in [0.5, 0.6) is 0 Å². The van der Waals surface area contributed by atoms with Crippen LogP contribution in [0.1, 0.15) is 12.8 Å². The summed E-state index contributed by atoms with van der Waals surface area (Å²) in [5, 5.41) is 2.13. The molecule has 0 bridgehead atoms. The summed E-state index contributed by atoms with van der Waals surface area (Å²) < 4.78 is 21.5. The van der Waals surface area contributed by atoms with Crippen molar-refractivity contribution in [2.24, 2.45) is 5.92 Å². The van der Waals surface area contributed by atoms with E-state index in [9.17, 15) is 18.0 Å². The van der Waals surface area contributed by atoms with Gasteiger partial charge in [0.25, 0.3) is 0 Å². The second-order valence-corrected chi connectivity index (χ2v) is 5.49. The Kier molecular flexibility index (Phi) is 2.70. The fourth-order valence-electron chi connectivity index (χ4n) is 1.20. The van der Waals surface area contributed by atoms with E-state index >= 15 is 0 Å². The molecule has 13 heavy (non-hydrogen) atoms. The number of rotatable bonds is 3. The molecule has 6 heteroatoms. The van der Waals surface area contributed by atoms with Gasteiger partial charge in [0.2, 0.25) is 11.8 Å². The molecule has 1 heterocycles. The van der Waals surface area contributed by atoms with E-state index in [0.717, 1.165) is 6.26 Å². The summed E-state index contributed by atoms with van der Waals surface area (Å²) >= 11 is 0. The van der Waals surface area contributed by atoms with Crippen molar-refractivity contribution in [2.75, 3.05) is 12.0 Å². The molecular formula is C7H11NO4S. The zero-order valence-electron chi connectivity index (χ0n) is 7.24. The Hall–Kier alpha value is -0.910. The Morgan fingerprint density at radius 2 is 2.08 bits per heavy atom. The highest BCUT2D eigenvalue weighted by Crippen LogP contribution is 2.15. The molecule has 1 atom stereocenters. The van der Waals surface area contributed by atoms with Crippen molar-refractivity contribution in [3.8, 4) is 0 Å². The van der Waals surface area contributed by atoms with Crippen molar-refractivity contribution in [3.05, 3.63) is 0 Å². The number of amides is 2. The fourth-order valence-corrected chi connectivity index (χ4v) is 1.91. The van der Waals surface area contributed by atoms with Crippen LogP contribution in [0.2, 0.25) is 0 Å². The van der Waals surface area contributed by atoms with E-state index in [0.29, 0.717) is 0 Å². The quantitative estimate of drug-likeness (QED) is 0.604. The van der Waals surface area contributed by atoms with Gasteiger partial charge in [-0.15, -0.1) is 0 Å². The summed E-state index contributed by atoms with van der Waals surface area (Å²) in [6, 6.07) is 0. The van der Waals surface area contributed by atoms with Crippen LogP contribution < -0.4 is 5.32 Å². The number of hydrogen-bond donors (Lipinski definition) is 1. The lowest BCUT2D eigenvalue weighted by Crippen LogP contribution is -2.23. The van der Waals surface area contributed by atoms with Crippen LogP contribution in [0.3, 0.4) is 0 Å². The Morgan fingerprint density at radius 3 is 2.46 bits per heavy atom. The molecule has 1 unspecified atom stereocenters. The molecule has 1 rings (SSSR count). The first-order chi connectivity index (χ1) is 5.88. The van der Waals surface area contributed by atoms with Crippen molar-refractivity contribution in [2.45, 2.75) is 12.8 Å². The summed E-state index contributed by atoms with van der Waals surface area (Å²) in [4.78, 5) is 21.7. The number of hydrogen-bond acceptors (Lipinski definition) is 4. The summed E-state index contributed by atoms with van der Waals surface area (Å²) in [6.07, 6.45) is 1.46. The molecular weight excluding hydrogens is 194 g/mol. The minimum atomic E-state index is -3.04. The Morgan fingerprint density at radius 1 is 1.46 bits per heavy atom. The third-order valence-corrected chi connectivity index (χ3v) is 2.88. The summed E-state index contributed by atoms with van der Waals surface area (Å²) in [6.45, 7) is 0. The van der Waals surface area contributed by atoms with E-state index in [4.69, 9.17) is 0 Å². The van der Waals surface area contributed by atoms with Crippen LogP contribution in [0.25, 0.3) is 0 Å². The molecule has 0 aromatic heterocycles. The van der Waals surface area contributed by atoms with Gasteiger partial charge < -0.3 is 0 Å². The Bertz CT molecular complexity index is 332. The predicted molar refractivity (Wildman–Crippen MR) is 45.6 cm³/mol. The molecule has 1 aliphatic heterocycles. The number of imide groups is 1. The molecule has 0 spiro atoms. The van der Waals surface area contributed by atoms with Gasteiger partial charge in [-0.1, -0.05) is 0 Å². The fraction of sp³-hybridized carbons (Fsp3) is 0.714. The second-order valence-electron chi connectivity index (χ2n) is 3.23. The summed E-state index contributed by atoms with van der Waals surface area (Å²) in [7, 11) is -3.04. The Balaban J connectivity index is 2.47. The maximum atomic E-state index is 11.0. The lowest BCUT2D eigenvalue weighted by molar-refractivity contribution is -0.125. The highest BCUT2D eigenvalue weighted by atomic mass is 32.2. The topological polar surface area (TPSA) is 80.3 Å². The van der Waals surface area contributed by atoms with E-state index < -0.39 is 15.8 Å². The number of carbonyl (C=O) groups excluding carboxylic acids is 2. The third-order valence-electron chi connectivity index (χ3n) is 1.90. The van der Waals surface area contributed by atoms with Crippen LogP contribution in [0.4, 0.5) is 0 Å². The van der Waals surface area contributed by atoms with Crippen molar-refractivity contribution in [1.82, 2.24) is 5.32 Å². The molecule has 5 nitrogen and oxygen atoms in total. The molecule has 1 fully saturated rings. The highest BCUT2D eigenvalue weighted by Gasteiger charge is 2.30. The molecule has 0 aromatic rings. The van der Waals surface area contributed by atoms with Crippen molar-refractivity contribution in [3.63, 3.8) is 0 Å². The monoisotopic (exact) mass is 205 g/mol. The van der Waals surface area contributed by atoms with Crippen LogP contribution in [0, 0.1) is 5.92 Å². The van der Waals surface area contributed by atoms with Gasteiger partial charge >= 0.3 is 0 Å². The third kappa shape index (κ3) is 3.14. The number of sulfone groups is 1. The molecule has 0 aliphatic carbocycles. The van der Waals surface area contributed by atoms with Gasteiger partial charge in [-0.05, 0) is 6.42 Å². The lowest BCUT2D eigenvalue weighted by atomic mass is 10.1. The van der Waals surface area contributed by atoms with E-state index in [1.54, 1.807) is 0 Å². The van der Waals surface area contributed by atoms with E-state index in [1.807, 2.05) is 0 Å². The van der Waals surface area contributed by atoms with E-state index in [2.05, 4.69) is 5.32 Å². The molecule has 1 aliphatic rings. The second kappa shape index (κ2) is 3.45. The molecule has 0 saturated carbocycles. The number of carbonyl (C=O) groups is 2. The first-order valence-corrected chi connectivity index (χ1v) is 5.96. The van der Waals surface area contributed by atoms with Gasteiger partial charge in [-0.2, -0.15) is 0 Å². The van der Waals surface area contributed by atoms with Gasteiger partial charge in [0, 0.05) is 18.6 Å². The normalized spacial score (nSPS) is 23.3. The smallest absolute Gasteiger partial charge is 0.230 e. The van der Waals surface area contributed by atoms with Gasteiger partial charge in [0.05, 0.1) is 5.75 Å². The maximum absolute atomic E-state index is 11.0. The van der Waals surface area contributed by atoms with Crippen LogP contribution in [-0.4, -0.2) is 32.2 Å². The maximum Gasteiger partial charge on any atom is 0.230 e. The SMILES string of the molecule is CS(=O)(=O)CCC1CC(=O)NC1=O. The molecule has 1 saturated heterocycles. The average Bonchev–Trinajstić information content (AvgIpc) is 2.24. The van der Waals surface area contributed by atoms with Crippen LogP contribution in [0.15, 0.2) is 0 Å². The Labute approximate surface area is 76.4 Å². The summed E-state index contributed by atoms with van der Waals surface area (Å²) in [5.41, 5.74) is 0. The first-order valence-electron chi connectivity index (χ1n) is 3.90. The molecule has 0 radical (unpaired) electrons. The van der Waals surface area contributed by atoms with Gasteiger partial charge in [-0.25, -0.2) is 8.42 Å². The molecule has 2 amide bonds. The van der Waals surface area contributed by atoms with Gasteiger partial charge in [0.1, 0.15) is 9.84 Å².